The molecule has 180 valence electrons. The predicted octanol–water partition coefficient (Wildman–Crippen LogP) is 2.21. The molecule has 1 aliphatic rings. The minimum atomic E-state index is -3.91. The molecule has 3 rings (SSSR count). The number of rotatable bonds is 8. The lowest BCUT2D eigenvalue weighted by Crippen LogP contribution is -2.43. The topological polar surface area (TPSA) is 122 Å². The van der Waals surface area contributed by atoms with Crippen LogP contribution < -0.4 is 14.2 Å². The fraction of sp³-hybridized carbons (Fsp3) is 0.409. The number of sulfonamides is 2. The van der Waals surface area contributed by atoms with Crippen LogP contribution >= 0.6 is 0 Å². The van der Waals surface area contributed by atoms with Gasteiger partial charge in [0.15, 0.2) is 0 Å². The van der Waals surface area contributed by atoms with E-state index in [1.54, 1.807) is 42.2 Å². The summed E-state index contributed by atoms with van der Waals surface area (Å²) in [6.07, 6.45) is 2.66. The number of ether oxygens (including phenoxy) is 1. The van der Waals surface area contributed by atoms with Crippen LogP contribution in [0.1, 0.15) is 28.8 Å². The molecule has 0 saturated carbocycles. The summed E-state index contributed by atoms with van der Waals surface area (Å²) in [6, 6.07) is 10.9. The highest BCUT2D eigenvalue weighted by molar-refractivity contribution is 7.92. The van der Waals surface area contributed by atoms with Crippen molar-refractivity contribution in [1.82, 2.24) is 9.62 Å². The minimum absolute atomic E-state index is 0.00128. The van der Waals surface area contributed by atoms with E-state index >= 15 is 0 Å². The zero-order chi connectivity index (χ0) is 24.2. The normalized spacial score (nSPS) is 16.9. The number of likely N-dealkylation sites (tertiary alicyclic amines) is 1. The Balaban J connectivity index is 1.77. The van der Waals surface area contributed by atoms with Gasteiger partial charge in [-0.05, 0) is 67.6 Å². The number of benzene rings is 2. The molecule has 2 aromatic rings. The predicted molar refractivity (Wildman–Crippen MR) is 126 cm³/mol. The van der Waals surface area contributed by atoms with E-state index in [-0.39, 0.29) is 23.3 Å². The minimum Gasteiger partial charge on any atom is -0.497 e. The van der Waals surface area contributed by atoms with Gasteiger partial charge < -0.3 is 9.64 Å². The van der Waals surface area contributed by atoms with Crippen LogP contribution in [0.5, 0.6) is 5.75 Å². The van der Waals surface area contributed by atoms with E-state index in [2.05, 4.69) is 9.44 Å². The van der Waals surface area contributed by atoms with E-state index in [1.807, 2.05) is 0 Å². The number of nitrogens with one attached hydrogen (secondary N) is 2. The molecule has 2 N–H and O–H groups in total. The third kappa shape index (κ3) is 6.68. The summed E-state index contributed by atoms with van der Waals surface area (Å²) in [5.74, 6) is 0.340. The molecule has 0 aliphatic carbocycles. The number of carbonyl (C=O) groups is 1. The summed E-state index contributed by atoms with van der Waals surface area (Å²) >= 11 is 0. The maximum atomic E-state index is 13.2. The highest BCUT2D eigenvalue weighted by Gasteiger charge is 2.27. The summed E-state index contributed by atoms with van der Waals surface area (Å²) in [4.78, 5) is 14.9. The molecule has 1 fully saturated rings. The van der Waals surface area contributed by atoms with Crippen LogP contribution in [0.3, 0.4) is 0 Å². The maximum absolute atomic E-state index is 13.2. The molecule has 1 saturated heterocycles. The first-order chi connectivity index (χ1) is 15.5. The largest absolute Gasteiger partial charge is 0.497 e. The molecule has 33 heavy (non-hydrogen) atoms. The molecule has 0 radical (unpaired) electrons. The van der Waals surface area contributed by atoms with Gasteiger partial charge in [0.2, 0.25) is 10.0 Å². The Kier molecular flexibility index (Phi) is 7.65. The van der Waals surface area contributed by atoms with Gasteiger partial charge in [0, 0.05) is 30.9 Å². The van der Waals surface area contributed by atoms with Gasteiger partial charge in [0.05, 0.1) is 18.3 Å². The first-order valence-electron chi connectivity index (χ1n) is 10.5. The van der Waals surface area contributed by atoms with Gasteiger partial charge in [-0.1, -0.05) is 6.07 Å². The molecule has 9 nitrogen and oxygen atoms in total. The quantitative estimate of drug-likeness (QED) is 0.579. The van der Waals surface area contributed by atoms with Crippen LogP contribution in [0.2, 0.25) is 0 Å². The number of hydrogen-bond acceptors (Lipinski definition) is 6. The van der Waals surface area contributed by atoms with Crippen molar-refractivity contribution in [2.45, 2.75) is 24.7 Å². The van der Waals surface area contributed by atoms with Crippen molar-refractivity contribution in [1.29, 1.82) is 0 Å². The summed E-state index contributed by atoms with van der Waals surface area (Å²) in [6.45, 7) is 2.96. The van der Waals surface area contributed by atoms with Crippen LogP contribution in [-0.2, 0) is 20.0 Å². The molecule has 0 bridgehead atoms. The van der Waals surface area contributed by atoms with E-state index < -0.39 is 20.0 Å². The second-order valence-electron chi connectivity index (χ2n) is 8.19. The standard InChI is InChI=1S/C22H29N3O6S2/c1-16-6-11-20(33(29,30)24-18-7-9-19(31-2)10-8-18)13-21(16)22(26)25-12-4-5-17(15-25)14-23-32(3,27)28/h6-11,13,17,23-24H,4-5,12,14-15H2,1-3H3. The Morgan fingerprint density at radius 2 is 1.82 bits per heavy atom. The van der Waals surface area contributed by atoms with Crippen molar-refractivity contribution in [3.05, 3.63) is 53.6 Å². The van der Waals surface area contributed by atoms with Crippen molar-refractivity contribution in [2.75, 3.05) is 37.7 Å². The van der Waals surface area contributed by atoms with Crippen molar-refractivity contribution in [3.8, 4) is 5.75 Å². The lowest BCUT2D eigenvalue weighted by Gasteiger charge is -2.33. The van der Waals surface area contributed by atoms with Gasteiger partial charge in [-0.15, -0.1) is 0 Å². The van der Waals surface area contributed by atoms with E-state index in [0.29, 0.717) is 35.7 Å². The number of hydrogen-bond donors (Lipinski definition) is 2. The molecule has 2 aromatic carbocycles. The maximum Gasteiger partial charge on any atom is 0.261 e. The van der Waals surface area contributed by atoms with Crippen LogP contribution in [0.4, 0.5) is 5.69 Å². The number of amides is 1. The molecular weight excluding hydrogens is 466 g/mol. The highest BCUT2D eigenvalue weighted by atomic mass is 32.2. The summed E-state index contributed by atoms with van der Waals surface area (Å²) < 4.78 is 58.7. The lowest BCUT2D eigenvalue weighted by molar-refractivity contribution is 0.0675. The van der Waals surface area contributed by atoms with Crippen LogP contribution in [-0.4, -0.2) is 60.6 Å². The molecule has 0 spiro atoms. The number of nitrogens with zero attached hydrogens (tertiary/aromatic N) is 1. The lowest BCUT2D eigenvalue weighted by atomic mass is 9.97. The highest BCUT2D eigenvalue weighted by Crippen LogP contribution is 2.24. The van der Waals surface area contributed by atoms with Gasteiger partial charge in [-0.3, -0.25) is 9.52 Å². The second-order valence-corrected chi connectivity index (χ2v) is 11.7. The Morgan fingerprint density at radius 3 is 2.45 bits per heavy atom. The van der Waals surface area contributed by atoms with Gasteiger partial charge >= 0.3 is 0 Å². The molecule has 0 aromatic heterocycles. The van der Waals surface area contributed by atoms with Crippen LogP contribution in [0.15, 0.2) is 47.4 Å². The molecule has 1 atom stereocenters. The number of aryl methyl sites for hydroxylation is 1. The molecule has 1 heterocycles. The number of anilines is 1. The van der Waals surface area contributed by atoms with Gasteiger partial charge in [-0.2, -0.15) is 0 Å². The van der Waals surface area contributed by atoms with E-state index in [1.165, 1.54) is 19.2 Å². The van der Waals surface area contributed by atoms with Gasteiger partial charge in [0.25, 0.3) is 15.9 Å². The first kappa shape index (κ1) is 25.0. The molecule has 1 amide bonds. The fourth-order valence-corrected chi connectivity index (χ4v) is 5.35. The van der Waals surface area contributed by atoms with Crippen molar-refractivity contribution >= 4 is 31.6 Å². The summed E-state index contributed by atoms with van der Waals surface area (Å²) in [5.41, 5.74) is 1.35. The van der Waals surface area contributed by atoms with E-state index in [9.17, 15) is 21.6 Å². The van der Waals surface area contributed by atoms with Crippen LogP contribution in [0.25, 0.3) is 0 Å². The first-order valence-corrected chi connectivity index (χ1v) is 13.9. The smallest absolute Gasteiger partial charge is 0.261 e. The fourth-order valence-electron chi connectivity index (χ4n) is 3.73. The van der Waals surface area contributed by atoms with E-state index in [4.69, 9.17) is 4.74 Å². The molecule has 1 aliphatic heterocycles. The van der Waals surface area contributed by atoms with Crippen molar-refractivity contribution in [3.63, 3.8) is 0 Å². The zero-order valence-corrected chi connectivity index (χ0v) is 20.5. The Labute approximate surface area is 195 Å². The van der Waals surface area contributed by atoms with Crippen molar-refractivity contribution < 1.29 is 26.4 Å². The SMILES string of the molecule is COc1ccc(NS(=O)(=O)c2ccc(C)c(C(=O)N3CCCC(CNS(C)(=O)=O)C3)c2)cc1. The molecule has 1 unspecified atom stereocenters. The summed E-state index contributed by atoms with van der Waals surface area (Å²) in [7, 11) is -5.69. The Bertz CT molecular complexity index is 1210. The summed E-state index contributed by atoms with van der Waals surface area (Å²) in [5, 5.41) is 0. The molecular formula is C22H29N3O6S2. The van der Waals surface area contributed by atoms with Crippen molar-refractivity contribution in [2.24, 2.45) is 5.92 Å². The number of piperidine rings is 1. The van der Waals surface area contributed by atoms with E-state index in [0.717, 1.165) is 19.1 Å². The molecule has 11 heteroatoms. The third-order valence-corrected chi connectivity index (χ3v) is 7.60. The Morgan fingerprint density at radius 1 is 1.12 bits per heavy atom. The number of carbonyl (C=O) groups excluding carboxylic acids is 1. The zero-order valence-electron chi connectivity index (χ0n) is 18.9. The van der Waals surface area contributed by atoms with Gasteiger partial charge in [-0.25, -0.2) is 21.6 Å². The second kappa shape index (κ2) is 10.1. The van der Waals surface area contributed by atoms with Gasteiger partial charge in [0.1, 0.15) is 5.75 Å². The average molecular weight is 496 g/mol. The van der Waals surface area contributed by atoms with Crippen LogP contribution in [0, 0.1) is 12.8 Å². The average Bonchev–Trinajstić information content (AvgIpc) is 2.77. The number of methoxy groups -OCH3 is 1. The monoisotopic (exact) mass is 495 g/mol. The Hall–Kier alpha value is -2.63. The third-order valence-electron chi connectivity index (χ3n) is 5.53.